The van der Waals surface area contributed by atoms with Gasteiger partial charge in [0.1, 0.15) is 6.04 Å². The number of hydrogen-bond acceptors (Lipinski definition) is 7. The standard InChI is InChI=1S/C24H27N7O4/c1-13-9-29(15-4-5-15)11-18(13)25-22(33)19-12-31(28-27-19)16-3-2-14-10-30(24(35)17(14)8-16)20-6-7-21(32)26-23(20)34/h2-3,8,12-13,15,18,20H,4-7,9-11H2,1H3,(H,25,33)(H,26,32,34). The first-order chi connectivity index (χ1) is 16.9. The second-order valence-electron chi connectivity index (χ2n) is 10.0. The summed E-state index contributed by atoms with van der Waals surface area (Å²) in [6.07, 6.45) is 4.58. The molecule has 3 fully saturated rings. The summed E-state index contributed by atoms with van der Waals surface area (Å²) in [6.45, 7) is 4.33. The van der Waals surface area contributed by atoms with Gasteiger partial charge in [-0.25, -0.2) is 4.68 Å². The van der Waals surface area contributed by atoms with Crippen LogP contribution in [0, 0.1) is 5.92 Å². The molecule has 1 aromatic heterocycles. The lowest BCUT2D eigenvalue weighted by Crippen LogP contribution is -2.52. The molecule has 0 spiro atoms. The van der Waals surface area contributed by atoms with Crippen LogP contribution >= 0.6 is 0 Å². The van der Waals surface area contributed by atoms with Crippen molar-refractivity contribution in [3.05, 3.63) is 41.2 Å². The number of likely N-dealkylation sites (tertiary alicyclic amines) is 1. The molecule has 4 heterocycles. The van der Waals surface area contributed by atoms with Gasteiger partial charge in [0.15, 0.2) is 5.69 Å². The number of carbonyl (C=O) groups is 4. The topological polar surface area (TPSA) is 130 Å². The Labute approximate surface area is 201 Å². The van der Waals surface area contributed by atoms with E-state index >= 15 is 0 Å². The summed E-state index contributed by atoms with van der Waals surface area (Å²) in [7, 11) is 0. The van der Waals surface area contributed by atoms with E-state index in [1.807, 2.05) is 12.1 Å². The van der Waals surface area contributed by atoms with E-state index in [1.54, 1.807) is 12.3 Å². The lowest BCUT2D eigenvalue weighted by Gasteiger charge is -2.29. The number of piperidine rings is 1. The van der Waals surface area contributed by atoms with Crippen LogP contribution in [-0.2, 0) is 16.1 Å². The molecule has 4 aliphatic rings. The maximum Gasteiger partial charge on any atom is 0.273 e. The minimum Gasteiger partial charge on any atom is -0.346 e. The Morgan fingerprint density at radius 3 is 2.74 bits per heavy atom. The van der Waals surface area contributed by atoms with E-state index in [0.29, 0.717) is 36.2 Å². The van der Waals surface area contributed by atoms with Gasteiger partial charge in [0.25, 0.3) is 11.8 Å². The van der Waals surface area contributed by atoms with E-state index in [2.05, 4.69) is 32.8 Å². The van der Waals surface area contributed by atoms with Crippen molar-refractivity contribution >= 4 is 23.6 Å². The molecule has 2 aromatic rings. The zero-order valence-corrected chi connectivity index (χ0v) is 19.4. The molecule has 3 unspecified atom stereocenters. The third-order valence-electron chi connectivity index (χ3n) is 7.52. The molecule has 1 saturated carbocycles. The predicted octanol–water partition coefficient (Wildman–Crippen LogP) is 0.241. The molecule has 3 atom stereocenters. The van der Waals surface area contributed by atoms with Gasteiger partial charge in [-0.3, -0.25) is 29.4 Å². The monoisotopic (exact) mass is 477 g/mol. The lowest BCUT2D eigenvalue weighted by atomic mass is 10.0. The van der Waals surface area contributed by atoms with Gasteiger partial charge in [-0.15, -0.1) is 5.10 Å². The highest BCUT2D eigenvalue weighted by Crippen LogP contribution is 2.32. The minimum absolute atomic E-state index is 0.0872. The summed E-state index contributed by atoms with van der Waals surface area (Å²) in [6, 6.07) is 5.43. The molecule has 0 radical (unpaired) electrons. The highest BCUT2D eigenvalue weighted by Gasteiger charge is 2.40. The highest BCUT2D eigenvalue weighted by atomic mass is 16.2. The highest BCUT2D eigenvalue weighted by molar-refractivity contribution is 6.05. The van der Waals surface area contributed by atoms with Gasteiger partial charge in [0, 0.05) is 43.7 Å². The molecular weight excluding hydrogens is 450 g/mol. The minimum atomic E-state index is -0.661. The third-order valence-corrected chi connectivity index (χ3v) is 7.52. The van der Waals surface area contributed by atoms with Gasteiger partial charge < -0.3 is 10.2 Å². The van der Waals surface area contributed by atoms with Gasteiger partial charge in [0.2, 0.25) is 11.8 Å². The molecular formula is C24H27N7O4. The number of aromatic nitrogens is 3. The fraction of sp³-hybridized carbons (Fsp3) is 0.500. The summed E-state index contributed by atoms with van der Waals surface area (Å²) in [4.78, 5) is 53.6. The molecule has 1 aromatic carbocycles. The van der Waals surface area contributed by atoms with Crippen LogP contribution in [0.25, 0.3) is 5.69 Å². The quantitative estimate of drug-likeness (QED) is 0.590. The van der Waals surface area contributed by atoms with E-state index in [-0.39, 0.29) is 35.9 Å². The number of nitrogens with one attached hydrogen (secondary N) is 2. The summed E-state index contributed by atoms with van der Waals surface area (Å²) >= 11 is 0. The number of carbonyl (C=O) groups excluding carboxylic acids is 4. The number of imide groups is 1. The SMILES string of the molecule is CC1CN(C2CC2)CC1NC(=O)c1cn(-c2ccc3c(c2)C(=O)N(C2CCC(=O)NC2=O)C3)nn1. The summed E-state index contributed by atoms with van der Waals surface area (Å²) in [5.74, 6) is -0.890. The van der Waals surface area contributed by atoms with Gasteiger partial charge in [-0.2, -0.15) is 0 Å². The number of amides is 4. The number of benzene rings is 1. The van der Waals surface area contributed by atoms with E-state index in [4.69, 9.17) is 0 Å². The van der Waals surface area contributed by atoms with Gasteiger partial charge in [-0.05, 0) is 42.9 Å². The van der Waals surface area contributed by atoms with Crippen LogP contribution in [0.3, 0.4) is 0 Å². The van der Waals surface area contributed by atoms with Crippen molar-refractivity contribution in [2.75, 3.05) is 13.1 Å². The fourth-order valence-electron chi connectivity index (χ4n) is 5.35. The second kappa shape index (κ2) is 8.26. The molecule has 2 saturated heterocycles. The molecule has 11 heteroatoms. The molecule has 11 nitrogen and oxygen atoms in total. The first kappa shape index (κ1) is 21.9. The number of hydrogen-bond donors (Lipinski definition) is 2. The Morgan fingerprint density at radius 2 is 1.97 bits per heavy atom. The maximum absolute atomic E-state index is 13.1. The molecule has 0 bridgehead atoms. The Balaban J connectivity index is 1.15. The van der Waals surface area contributed by atoms with Crippen molar-refractivity contribution in [1.82, 2.24) is 35.4 Å². The number of nitrogens with zero attached hydrogens (tertiary/aromatic N) is 5. The van der Waals surface area contributed by atoms with Crippen molar-refractivity contribution in [2.45, 2.75) is 57.3 Å². The van der Waals surface area contributed by atoms with Crippen molar-refractivity contribution in [1.29, 1.82) is 0 Å². The van der Waals surface area contributed by atoms with Gasteiger partial charge in [0.05, 0.1) is 11.9 Å². The van der Waals surface area contributed by atoms with Gasteiger partial charge in [-0.1, -0.05) is 18.2 Å². The second-order valence-corrected chi connectivity index (χ2v) is 10.0. The number of fused-ring (bicyclic) bond motifs is 1. The van der Waals surface area contributed by atoms with Crippen LogP contribution in [0.2, 0.25) is 0 Å². The van der Waals surface area contributed by atoms with Crippen LogP contribution in [0.15, 0.2) is 24.4 Å². The third kappa shape index (κ3) is 3.99. The van der Waals surface area contributed by atoms with E-state index in [0.717, 1.165) is 18.7 Å². The van der Waals surface area contributed by atoms with Crippen molar-refractivity contribution in [3.8, 4) is 5.69 Å². The first-order valence-electron chi connectivity index (χ1n) is 12.1. The van der Waals surface area contributed by atoms with Crippen LogP contribution in [0.4, 0.5) is 0 Å². The Hall–Kier alpha value is -3.60. The summed E-state index contributed by atoms with van der Waals surface area (Å²) in [5.41, 5.74) is 2.10. The van der Waals surface area contributed by atoms with Crippen molar-refractivity contribution in [3.63, 3.8) is 0 Å². The summed E-state index contributed by atoms with van der Waals surface area (Å²) < 4.78 is 1.48. The Bertz CT molecular complexity index is 1240. The van der Waals surface area contributed by atoms with E-state index in [9.17, 15) is 19.2 Å². The summed E-state index contributed by atoms with van der Waals surface area (Å²) in [5, 5.41) is 13.6. The van der Waals surface area contributed by atoms with Gasteiger partial charge >= 0.3 is 0 Å². The van der Waals surface area contributed by atoms with Crippen LogP contribution < -0.4 is 10.6 Å². The van der Waals surface area contributed by atoms with E-state index in [1.165, 1.54) is 22.4 Å². The molecule has 35 heavy (non-hydrogen) atoms. The average Bonchev–Trinajstić information content (AvgIpc) is 3.31. The molecule has 182 valence electrons. The average molecular weight is 478 g/mol. The Morgan fingerprint density at radius 1 is 1.14 bits per heavy atom. The predicted molar refractivity (Wildman–Crippen MR) is 122 cm³/mol. The number of rotatable bonds is 5. The van der Waals surface area contributed by atoms with Crippen molar-refractivity contribution in [2.24, 2.45) is 5.92 Å². The molecule has 1 aliphatic carbocycles. The zero-order valence-electron chi connectivity index (χ0n) is 19.4. The van der Waals surface area contributed by atoms with Crippen molar-refractivity contribution < 1.29 is 19.2 Å². The lowest BCUT2D eigenvalue weighted by molar-refractivity contribution is -0.136. The van der Waals surface area contributed by atoms with Crippen LogP contribution in [0.5, 0.6) is 0 Å². The maximum atomic E-state index is 13.1. The Kier molecular flexibility index (Phi) is 5.17. The van der Waals surface area contributed by atoms with E-state index < -0.39 is 11.9 Å². The fourth-order valence-corrected chi connectivity index (χ4v) is 5.35. The molecule has 6 rings (SSSR count). The molecule has 4 amide bonds. The van der Waals surface area contributed by atoms with Crippen LogP contribution in [0.1, 0.15) is 59.0 Å². The smallest absolute Gasteiger partial charge is 0.273 e. The first-order valence-corrected chi connectivity index (χ1v) is 12.1. The zero-order chi connectivity index (χ0) is 24.3. The van der Waals surface area contributed by atoms with Crippen LogP contribution in [-0.4, -0.2) is 79.6 Å². The molecule has 2 N–H and O–H groups in total. The molecule has 3 aliphatic heterocycles. The normalized spacial score (nSPS) is 26.7. The largest absolute Gasteiger partial charge is 0.346 e.